The molecule has 0 saturated carbocycles. The van der Waals surface area contributed by atoms with Gasteiger partial charge in [-0.3, -0.25) is 0 Å². The van der Waals surface area contributed by atoms with Crippen LogP contribution in [0.5, 0.6) is 0 Å². The third kappa shape index (κ3) is 3.06. The fourth-order valence-corrected chi connectivity index (χ4v) is 2.66. The minimum absolute atomic E-state index is 0.124. The molecule has 2 rings (SSSR count). The van der Waals surface area contributed by atoms with E-state index in [1.807, 2.05) is 0 Å². The highest BCUT2D eigenvalue weighted by Crippen LogP contribution is 2.35. The third-order valence-electron chi connectivity index (χ3n) is 3.46. The van der Waals surface area contributed by atoms with Crippen LogP contribution in [0.25, 0.3) is 0 Å². The minimum Gasteiger partial charge on any atom is -0.396 e. The number of halogens is 2. The molecule has 0 spiro atoms. The van der Waals surface area contributed by atoms with Crippen LogP contribution in [-0.2, 0) is 11.2 Å². The molecule has 0 bridgehead atoms. The van der Waals surface area contributed by atoms with Gasteiger partial charge in [-0.15, -0.1) is 0 Å². The summed E-state index contributed by atoms with van der Waals surface area (Å²) in [5, 5.41) is 9.60. The van der Waals surface area contributed by atoms with Gasteiger partial charge in [0, 0.05) is 29.7 Å². The van der Waals surface area contributed by atoms with Gasteiger partial charge in [-0.1, -0.05) is 15.9 Å². The fraction of sp³-hybridized carbons (Fsp3) is 0.538. The predicted molar refractivity (Wildman–Crippen MR) is 67.4 cm³/mol. The van der Waals surface area contributed by atoms with Gasteiger partial charge in [0.25, 0.3) is 0 Å². The number of ether oxygens (including phenoxy) is 1. The van der Waals surface area contributed by atoms with Crippen LogP contribution >= 0.6 is 15.9 Å². The van der Waals surface area contributed by atoms with Gasteiger partial charge in [-0.05, 0) is 43.0 Å². The molecular weight excluding hydrogens is 287 g/mol. The molecule has 1 heterocycles. The maximum atomic E-state index is 13.2. The quantitative estimate of drug-likeness (QED) is 0.930. The second-order valence-electron chi connectivity index (χ2n) is 4.68. The molecule has 4 heteroatoms. The lowest BCUT2D eigenvalue weighted by Crippen LogP contribution is -2.35. The van der Waals surface area contributed by atoms with E-state index in [2.05, 4.69) is 15.9 Å². The van der Waals surface area contributed by atoms with Gasteiger partial charge < -0.3 is 9.84 Å². The van der Waals surface area contributed by atoms with Crippen LogP contribution < -0.4 is 0 Å². The number of aliphatic hydroxyl groups is 1. The van der Waals surface area contributed by atoms with Crippen molar-refractivity contribution >= 4 is 15.9 Å². The molecule has 17 heavy (non-hydrogen) atoms. The normalized spacial score (nSPS) is 19.2. The van der Waals surface area contributed by atoms with Crippen molar-refractivity contribution in [2.75, 3.05) is 19.8 Å². The van der Waals surface area contributed by atoms with Gasteiger partial charge in [-0.2, -0.15) is 0 Å². The molecule has 1 aliphatic heterocycles. The molecule has 1 aromatic rings. The van der Waals surface area contributed by atoms with E-state index in [1.54, 1.807) is 6.07 Å². The fourth-order valence-electron chi connectivity index (χ4n) is 2.28. The van der Waals surface area contributed by atoms with Crippen molar-refractivity contribution in [3.8, 4) is 0 Å². The predicted octanol–water partition coefficient (Wildman–Crippen LogP) is 2.92. The first-order chi connectivity index (χ1) is 8.15. The lowest BCUT2D eigenvalue weighted by molar-refractivity contribution is -0.0158. The van der Waals surface area contributed by atoms with Crippen LogP contribution in [0.1, 0.15) is 18.4 Å². The van der Waals surface area contributed by atoms with Crippen molar-refractivity contribution in [1.82, 2.24) is 0 Å². The standard InChI is InChI=1S/C13H16BrFO2/c14-12-2-1-11(15)7-10(12)8-13(9-16)3-5-17-6-4-13/h1-2,7,16H,3-6,8-9H2. The first-order valence-electron chi connectivity index (χ1n) is 5.78. The van der Waals surface area contributed by atoms with Crippen LogP contribution in [0.15, 0.2) is 22.7 Å². The van der Waals surface area contributed by atoms with E-state index in [4.69, 9.17) is 4.74 Å². The highest BCUT2D eigenvalue weighted by Gasteiger charge is 2.32. The maximum absolute atomic E-state index is 13.2. The van der Waals surface area contributed by atoms with Crippen molar-refractivity contribution in [2.24, 2.45) is 5.41 Å². The summed E-state index contributed by atoms with van der Waals surface area (Å²) < 4.78 is 19.4. The SMILES string of the molecule is OCC1(Cc2cc(F)ccc2Br)CCOCC1. The Morgan fingerprint density at radius 2 is 2.06 bits per heavy atom. The van der Waals surface area contributed by atoms with Crippen LogP contribution in [0.2, 0.25) is 0 Å². The van der Waals surface area contributed by atoms with Crippen LogP contribution in [0.3, 0.4) is 0 Å². The minimum atomic E-state index is -0.233. The number of hydrogen-bond donors (Lipinski definition) is 1. The lowest BCUT2D eigenvalue weighted by atomic mass is 9.76. The van der Waals surface area contributed by atoms with Gasteiger partial charge in [0.1, 0.15) is 5.82 Å². The zero-order valence-corrected chi connectivity index (χ0v) is 11.2. The Hall–Kier alpha value is -0.450. The zero-order valence-electron chi connectivity index (χ0n) is 9.59. The van der Waals surface area contributed by atoms with E-state index in [1.165, 1.54) is 12.1 Å². The number of rotatable bonds is 3. The van der Waals surface area contributed by atoms with Gasteiger partial charge in [0.2, 0.25) is 0 Å². The van der Waals surface area contributed by atoms with Gasteiger partial charge in [0.05, 0.1) is 0 Å². The zero-order chi connectivity index (χ0) is 12.3. The number of hydrogen-bond acceptors (Lipinski definition) is 2. The molecule has 0 amide bonds. The molecule has 2 nitrogen and oxygen atoms in total. The van der Waals surface area contributed by atoms with E-state index < -0.39 is 0 Å². The molecule has 1 N–H and O–H groups in total. The van der Waals surface area contributed by atoms with E-state index in [0.717, 1.165) is 22.9 Å². The molecule has 1 aromatic carbocycles. The molecule has 1 aliphatic rings. The first kappa shape index (κ1) is 13.0. The van der Waals surface area contributed by atoms with Crippen molar-refractivity contribution < 1.29 is 14.2 Å². The van der Waals surface area contributed by atoms with Crippen molar-refractivity contribution in [3.63, 3.8) is 0 Å². The van der Waals surface area contributed by atoms with Crippen molar-refractivity contribution in [3.05, 3.63) is 34.1 Å². The monoisotopic (exact) mass is 302 g/mol. The van der Waals surface area contributed by atoms with Gasteiger partial charge in [-0.25, -0.2) is 4.39 Å². The summed E-state index contributed by atoms with van der Waals surface area (Å²) in [5.41, 5.74) is 0.759. The topological polar surface area (TPSA) is 29.5 Å². The number of benzene rings is 1. The van der Waals surface area contributed by atoms with Gasteiger partial charge in [0.15, 0.2) is 0 Å². The highest BCUT2D eigenvalue weighted by molar-refractivity contribution is 9.10. The maximum Gasteiger partial charge on any atom is 0.123 e. The Balaban J connectivity index is 2.20. The number of aliphatic hydroxyl groups excluding tert-OH is 1. The summed E-state index contributed by atoms with van der Waals surface area (Å²) in [7, 11) is 0. The molecule has 1 fully saturated rings. The molecule has 1 saturated heterocycles. The Morgan fingerprint density at radius 3 is 2.71 bits per heavy atom. The summed E-state index contributed by atoms with van der Waals surface area (Å²) in [6.07, 6.45) is 2.34. The van der Waals surface area contributed by atoms with E-state index >= 15 is 0 Å². The van der Waals surface area contributed by atoms with Crippen LogP contribution in [0.4, 0.5) is 4.39 Å². The second-order valence-corrected chi connectivity index (χ2v) is 5.54. The molecule has 0 radical (unpaired) electrons. The average molecular weight is 303 g/mol. The average Bonchev–Trinajstić information content (AvgIpc) is 2.35. The molecule has 94 valence electrons. The molecule has 0 aliphatic carbocycles. The third-order valence-corrected chi connectivity index (χ3v) is 4.24. The largest absolute Gasteiger partial charge is 0.396 e. The van der Waals surface area contributed by atoms with Crippen LogP contribution in [-0.4, -0.2) is 24.9 Å². The van der Waals surface area contributed by atoms with Crippen LogP contribution in [0, 0.1) is 11.2 Å². The van der Waals surface area contributed by atoms with E-state index in [9.17, 15) is 9.50 Å². The van der Waals surface area contributed by atoms with Crippen molar-refractivity contribution in [1.29, 1.82) is 0 Å². The van der Waals surface area contributed by atoms with E-state index in [-0.39, 0.29) is 17.8 Å². The molecule has 0 aromatic heterocycles. The Labute approximate surface area is 109 Å². The van der Waals surface area contributed by atoms with Gasteiger partial charge >= 0.3 is 0 Å². The Kier molecular flexibility index (Phi) is 4.17. The molecular formula is C13H16BrFO2. The lowest BCUT2D eigenvalue weighted by Gasteiger charge is -2.35. The summed E-state index contributed by atoms with van der Waals surface area (Å²) in [5.74, 6) is -0.233. The smallest absolute Gasteiger partial charge is 0.123 e. The highest BCUT2D eigenvalue weighted by atomic mass is 79.9. The summed E-state index contributed by atoms with van der Waals surface area (Å²) in [6, 6.07) is 4.69. The summed E-state index contributed by atoms with van der Waals surface area (Å²) in [4.78, 5) is 0. The molecule has 0 unspecified atom stereocenters. The molecule has 0 atom stereocenters. The summed E-state index contributed by atoms with van der Waals surface area (Å²) in [6.45, 7) is 1.47. The summed E-state index contributed by atoms with van der Waals surface area (Å²) >= 11 is 3.43. The Bertz CT molecular complexity index is 389. The first-order valence-corrected chi connectivity index (χ1v) is 6.57. The van der Waals surface area contributed by atoms with E-state index in [0.29, 0.717) is 19.6 Å². The second kappa shape index (κ2) is 5.46. The Morgan fingerprint density at radius 1 is 1.35 bits per heavy atom. The van der Waals surface area contributed by atoms with Crippen molar-refractivity contribution in [2.45, 2.75) is 19.3 Å².